The summed E-state index contributed by atoms with van der Waals surface area (Å²) in [5.74, 6) is -0.334. The largest absolute Gasteiger partial charge is 0.332 e. The highest BCUT2D eigenvalue weighted by Gasteiger charge is 2.30. The molecule has 37 heavy (non-hydrogen) atoms. The van der Waals surface area contributed by atoms with Crippen LogP contribution in [0.25, 0.3) is 0 Å². The first-order chi connectivity index (χ1) is 18.0. The molecule has 1 aromatic heterocycles. The Balaban J connectivity index is 1.62. The molecule has 0 bridgehead atoms. The lowest BCUT2D eigenvalue weighted by molar-refractivity contribution is -0.142. The molecule has 3 aromatic carbocycles. The van der Waals surface area contributed by atoms with Gasteiger partial charge in [0.25, 0.3) is 0 Å². The van der Waals surface area contributed by atoms with Crippen molar-refractivity contribution in [1.29, 1.82) is 0 Å². The third-order valence-electron chi connectivity index (χ3n) is 6.23. The van der Waals surface area contributed by atoms with Crippen molar-refractivity contribution in [3.8, 4) is 0 Å². The maximum absolute atomic E-state index is 14.2. The van der Waals surface area contributed by atoms with Crippen LogP contribution in [0, 0.1) is 5.92 Å². The van der Waals surface area contributed by atoms with Crippen molar-refractivity contribution in [2.75, 3.05) is 13.1 Å². The number of amides is 2. The second kappa shape index (κ2) is 13.0. The standard InChI is InChI=1S/C32H34N2O2S/c1-25(2)21-34(32(36)31(27-15-8-4-9-16-27)28-17-10-5-11-18-28)24-30(35)33(23-29-19-12-20-37-29)22-26-13-6-3-7-14-26/h3-20,25,31H,21-24H2,1-2H3. The number of carbonyl (C=O) groups excluding carboxylic acids is 2. The number of hydrogen-bond acceptors (Lipinski definition) is 3. The maximum atomic E-state index is 14.2. The molecule has 4 nitrogen and oxygen atoms in total. The van der Waals surface area contributed by atoms with Gasteiger partial charge in [-0.2, -0.15) is 0 Å². The molecule has 0 atom stereocenters. The van der Waals surface area contributed by atoms with Gasteiger partial charge >= 0.3 is 0 Å². The molecular weight excluding hydrogens is 476 g/mol. The molecule has 0 aliphatic heterocycles. The average molecular weight is 511 g/mol. The molecule has 2 amide bonds. The third kappa shape index (κ3) is 7.40. The number of benzene rings is 3. The summed E-state index contributed by atoms with van der Waals surface area (Å²) in [6.45, 7) is 5.75. The fourth-order valence-electron chi connectivity index (χ4n) is 4.51. The molecule has 190 valence electrons. The number of hydrogen-bond donors (Lipinski definition) is 0. The molecule has 1 heterocycles. The van der Waals surface area contributed by atoms with Crippen molar-refractivity contribution >= 4 is 23.2 Å². The first-order valence-corrected chi connectivity index (χ1v) is 13.6. The van der Waals surface area contributed by atoms with E-state index in [-0.39, 0.29) is 24.3 Å². The molecule has 0 aliphatic rings. The Bertz CT molecular complexity index is 1200. The Kier molecular flexibility index (Phi) is 9.28. The van der Waals surface area contributed by atoms with Gasteiger partial charge in [-0.15, -0.1) is 11.3 Å². The van der Waals surface area contributed by atoms with Gasteiger partial charge in [0.1, 0.15) is 0 Å². The normalized spacial score (nSPS) is 11.0. The van der Waals surface area contributed by atoms with E-state index in [0.717, 1.165) is 21.6 Å². The van der Waals surface area contributed by atoms with E-state index in [0.29, 0.717) is 19.6 Å². The van der Waals surface area contributed by atoms with E-state index < -0.39 is 5.92 Å². The smallest absolute Gasteiger partial charge is 0.242 e. The molecule has 0 saturated heterocycles. The quantitative estimate of drug-likeness (QED) is 0.228. The molecule has 4 rings (SSSR count). The number of nitrogens with zero attached hydrogens (tertiary/aromatic N) is 2. The maximum Gasteiger partial charge on any atom is 0.242 e. The van der Waals surface area contributed by atoms with Gasteiger partial charge < -0.3 is 9.80 Å². The highest BCUT2D eigenvalue weighted by molar-refractivity contribution is 7.09. The summed E-state index contributed by atoms with van der Waals surface area (Å²) in [4.78, 5) is 32.7. The van der Waals surface area contributed by atoms with Crippen LogP contribution in [0.2, 0.25) is 0 Å². The molecule has 0 N–H and O–H groups in total. The summed E-state index contributed by atoms with van der Waals surface area (Å²) in [7, 11) is 0. The second-order valence-electron chi connectivity index (χ2n) is 9.68. The Morgan fingerprint density at radius 3 is 1.78 bits per heavy atom. The van der Waals surface area contributed by atoms with Crippen LogP contribution in [0.1, 0.15) is 41.3 Å². The summed E-state index contributed by atoms with van der Waals surface area (Å²) < 4.78 is 0. The highest BCUT2D eigenvalue weighted by atomic mass is 32.1. The highest BCUT2D eigenvalue weighted by Crippen LogP contribution is 2.27. The van der Waals surface area contributed by atoms with Crippen molar-refractivity contribution in [2.24, 2.45) is 5.92 Å². The number of carbonyl (C=O) groups is 2. The molecule has 5 heteroatoms. The summed E-state index contributed by atoms with van der Waals surface area (Å²) in [6.07, 6.45) is 0. The minimum absolute atomic E-state index is 0.0461. The van der Waals surface area contributed by atoms with Gasteiger partial charge in [-0.1, -0.05) is 111 Å². The van der Waals surface area contributed by atoms with Crippen molar-refractivity contribution in [2.45, 2.75) is 32.9 Å². The third-order valence-corrected chi connectivity index (χ3v) is 7.09. The minimum atomic E-state index is -0.464. The minimum Gasteiger partial charge on any atom is -0.332 e. The molecule has 0 radical (unpaired) electrons. The van der Waals surface area contributed by atoms with E-state index in [1.165, 1.54) is 0 Å². The fourth-order valence-corrected chi connectivity index (χ4v) is 5.23. The summed E-state index contributed by atoms with van der Waals surface area (Å²) in [6, 6.07) is 33.8. The predicted molar refractivity (Wildman–Crippen MR) is 151 cm³/mol. The van der Waals surface area contributed by atoms with Crippen LogP contribution < -0.4 is 0 Å². The lowest BCUT2D eigenvalue weighted by Crippen LogP contribution is -2.45. The molecule has 0 fully saturated rings. The monoisotopic (exact) mass is 510 g/mol. The van der Waals surface area contributed by atoms with Crippen LogP contribution >= 0.6 is 11.3 Å². The molecule has 4 aromatic rings. The lowest BCUT2D eigenvalue weighted by atomic mass is 9.89. The van der Waals surface area contributed by atoms with E-state index in [4.69, 9.17) is 0 Å². The Morgan fingerprint density at radius 1 is 0.703 bits per heavy atom. The second-order valence-corrected chi connectivity index (χ2v) is 10.7. The number of thiophene rings is 1. The van der Waals surface area contributed by atoms with E-state index >= 15 is 0 Å². The van der Waals surface area contributed by atoms with Gasteiger partial charge in [-0.3, -0.25) is 9.59 Å². The Labute approximate surface area is 224 Å². The van der Waals surface area contributed by atoms with Crippen LogP contribution in [0.4, 0.5) is 0 Å². The van der Waals surface area contributed by atoms with Crippen molar-refractivity contribution in [3.63, 3.8) is 0 Å². The van der Waals surface area contributed by atoms with Gasteiger partial charge in [0.05, 0.1) is 19.0 Å². The fraction of sp³-hybridized carbons (Fsp3) is 0.250. The number of rotatable bonds is 11. The van der Waals surface area contributed by atoms with Gasteiger partial charge in [-0.25, -0.2) is 0 Å². The molecular formula is C32H34N2O2S. The van der Waals surface area contributed by atoms with Gasteiger partial charge in [-0.05, 0) is 34.1 Å². The van der Waals surface area contributed by atoms with Crippen LogP contribution in [0.15, 0.2) is 109 Å². The molecule has 0 aliphatic carbocycles. The zero-order valence-corrected chi connectivity index (χ0v) is 22.3. The van der Waals surface area contributed by atoms with E-state index in [1.54, 1.807) is 16.2 Å². The van der Waals surface area contributed by atoms with Crippen molar-refractivity contribution in [3.05, 3.63) is 130 Å². The van der Waals surface area contributed by atoms with Gasteiger partial charge in [0.2, 0.25) is 11.8 Å². The summed E-state index contributed by atoms with van der Waals surface area (Å²) >= 11 is 1.64. The predicted octanol–water partition coefficient (Wildman–Crippen LogP) is 6.59. The zero-order valence-electron chi connectivity index (χ0n) is 21.5. The first kappa shape index (κ1) is 26.4. The zero-order chi connectivity index (χ0) is 26.0. The Hall–Kier alpha value is -3.70. The average Bonchev–Trinajstić information content (AvgIpc) is 3.43. The van der Waals surface area contributed by atoms with Crippen LogP contribution in [-0.4, -0.2) is 34.7 Å². The lowest BCUT2D eigenvalue weighted by Gasteiger charge is -2.31. The molecule has 0 spiro atoms. The van der Waals surface area contributed by atoms with Crippen molar-refractivity contribution in [1.82, 2.24) is 9.80 Å². The van der Waals surface area contributed by atoms with Crippen LogP contribution in [0.3, 0.4) is 0 Å². The van der Waals surface area contributed by atoms with Crippen LogP contribution in [0.5, 0.6) is 0 Å². The Morgan fingerprint density at radius 2 is 1.27 bits per heavy atom. The molecule has 0 unspecified atom stereocenters. The topological polar surface area (TPSA) is 40.6 Å². The summed E-state index contributed by atoms with van der Waals surface area (Å²) in [5, 5.41) is 2.03. The van der Waals surface area contributed by atoms with E-state index in [9.17, 15) is 9.59 Å². The first-order valence-electron chi connectivity index (χ1n) is 12.7. The SMILES string of the molecule is CC(C)CN(CC(=O)N(Cc1ccccc1)Cc1cccs1)C(=O)C(c1ccccc1)c1ccccc1. The summed E-state index contributed by atoms with van der Waals surface area (Å²) in [5.41, 5.74) is 2.93. The molecule has 0 saturated carbocycles. The van der Waals surface area contributed by atoms with E-state index in [2.05, 4.69) is 13.8 Å². The van der Waals surface area contributed by atoms with Gasteiger partial charge in [0.15, 0.2) is 0 Å². The van der Waals surface area contributed by atoms with Crippen LogP contribution in [-0.2, 0) is 22.7 Å². The van der Waals surface area contributed by atoms with E-state index in [1.807, 2.05) is 113 Å². The van der Waals surface area contributed by atoms with Gasteiger partial charge in [0, 0.05) is 18.0 Å². The van der Waals surface area contributed by atoms with Crippen molar-refractivity contribution < 1.29 is 9.59 Å².